The van der Waals surface area contributed by atoms with Crippen LogP contribution in [0.4, 0.5) is 5.13 Å². The molecule has 20 heavy (non-hydrogen) atoms. The van der Waals surface area contributed by atoms with Crippen molar-refractivity contribution in [3.05, 3.63) is 35.4 Å². The summed E-state index contributed by atoms with van der Waals surface area (Å²) in [6.45, 7) is 9.65. The first kappa shape index (κ1) is 15.3. The van der Waals surface area contributed by atoms with Gasteiger partial charge in [-0.3, -0.25) is 0 Å². The van der Waals surface area contributed by atoms with Crippen molar-refractivity contribution < 1.29 is 0 Å². The van der Waals surface area contributed by atoms with Gasteiger partial charge in [0.15, 0.2) is 4.34 Å². The van der Waals surface area contributed by atoms with Gasteiger partial charge in [-0.05, 0) is 23.5 Å². The molecule has 2 rings (SSSR count). The van der Waals surface area contributed by atoms with Crippen molar-refractivity contribution in [1.29, 1.82) is 0 Å². The third-order valence-corrected chi connectivity index (χ3v) is 5.00. The van der Waals surface area contributed by atoms with Gasteiger partial charge in [-0.15, -0.1) is 10.2 Å². The third-order valence-electron chi connectivity index (χ3n) is 2.92. The molecule has 0 unspecified atom stereocenters. The van der Waals surface area contributed by atoms with Crippen molar-refractivity contribution in [1.82, 2.24) is 10.2 Å². The fourth-order valence-corrected chi connectivity index (χ4v) is 3.51. The Morgan fingerprint density at radius 3 is 2.45 bits per heavy atom. The predicted octanol–water partition coefficient (Wildman–Crippen LogP) is 4.56. The minimum absolute atomic E-state index is 0.214. The summed E-state index contributed by atoms with van der Waals surface area (Å²) in [6, 6.07) is 8.86. The molecule has 2 aromatic rings. The fourth-order valence-electron chi connectivity index (χ4n) is 1.74. The Morgan fingerprint density at radius 2 is 1.85 bits per heavy atom. The normalized spacial score (nSPS) is 11.6. The summed E-state index contributed by atoms with van der Waals surface area (Å²) in [5, 5.41) is 12.4. The number of nitrogens with zero attached hydrogens (tertiary/aromatic N) is 2. The van der Waals surface area contributed by atoms with Crippen molar-refractivity contribution in [2.75, 3.05) is 11.9 Å². The second kappa shape index (κ2) is 6.59. The van der Waals surface area contributed by atoms with Crippen LogP contribution in [0.15, 0.2) is 28.6 Å². The topological polar surface area (TPSA) is 37.8 Å². The van der Waals surface area contributed by atoms with E-state index >= 15 is 0 Å². The zero-order valence-corrected chi connectivity index (χ0v) is 14.1. The molecule has 1 aromatic heterocycles. The molecule has 3 nitrogen and oxygen atoms in total. The van der Waals surface area contributed by atoms with Gasteiger partial charge in [-0.2, -0.15) is 0 Å². The molecule has 1 N–H and O–H groups in total. The predicted molar refractivity (Wildman–Crippen MR) is 88.8 cm³/mol. The van der Waals surface area contributed by atoms with E-state index in [0.717, 1.165) is 21.8 Å². The summed E-state index contributed by atoms with van der Waals surface area (Å²) < 4.78 is 1.01. The Balaban J connectivity index is 1.93. The quantitative estimate of drug-likeness (QED) is 0.822. The van der Waals surface area contributed by atoms with Crippen LogP contribution >= 0.6 is 23.1 Å². The molecule has 0 aliphatic heterocycles. The first-order valence-corrected chi connectivity index (χ1v) is 8.59. The van der Waals surface area contributed by atoms with E-state index in [1.54, 1.807) is 23.1 Å². The summed E-state index contributed by atoms with van der Waals surface area (Å²) in [7, 11) is 0. The first-order chi connectivity index (χ1) is 9.49. The Bertz CT molecular complexity index is 541. The number of thioether (sulfide) groups is 1. The largest absolute Gasteiger partial charge is 0.360 e. The average molecular weight is 307 g/mol. The number of benzene rings is 1. The van der Waals surface area contributed by atoms with Gasteiger partial charge in [-0.25, -0.2) is 0 Å². The molecule has 108 valence electrons. The lowest BCUT2D eigenvalue weighted by molar-refractivity contribution is 0.590. The SMILES string of the molecule is CCNc1nnc(SCc2ccc(C(C)(C)C)cc2)s1. The van der Waals surface area contributed by atoms with E-state index in [1.165, 1.54) is 11.1 Å². The van der Waals surface area contributed by atoms with E-state index in [1.807, 2.05) is 0 Å². The lowest BCUT2D eigenvalue weighted by Gasteiger charge is -2.19. The summed E-state index contributed by atoms with van der Waals surface area (Å²) in [6.07, 6.45) is 0. The van der Waals surface area contributed by atoms with Gasteiger partial charge in [0.25, 0.3) is 0 Å². The first-order valence-electron chi connectivity index (χ1n) is 6.78. The lowest BCUT2D eigenvalue weighted by Crippen LogP contribution is -2.10. The molecule has 0 spiro atoms. The number of anilines is 1. The highest BCUT2D eigenvalue weighted by Crippen LogP contribution is 2.29. The van der Waals surface area contributed by atoms with Crippen molar-refractivity contribution >= 4 is 28.2 Å². The van der Waals surface area contributed by atoms with Crippen LogP contribution in [0, 0.1) is 0 Å². The highest BCUT2D eigenvalue weighted by Gasteiger charge is 2.13. The molecular formula is C15H21N3S2. The fraction of sp³-hybridized carbons (Fsp3) is 0.467. The van der Waals surface area contributed by atoms with Crippen LogP contribution in [0.25, 0.3) is 0 Å². The number of hydrogen-bond donors (Lipinski definition) is 1. The van der Waals surface area contributed by atoms with Crippen LogP contribution < -0.4 is 5.32 Å². The van der Waals surface area contributed by atoms with E-state index in [0.29, 0.717) is 0 Å². The molecule has 0 atom stereocenters. The van der Waals surface area contributed by atoms with Gasteiger partial charge in [0.05, 0.1) is 0 Å². The standard InChI is InChI=1S/C15H21N3S2/c1-5-16-13-17-18-14(20-13)19-10-11-6-8-12(9-7-11)15(2,3)4/h6-9H,5,10H2,1-4H3,(H,16,17). The number of rotatable bonds is 5. The molecule has 0 radical (unpaired) electrons. The molecule has 0 aliphatic carbocycles. The zero-order chi connectivity index (χ0) is 14.6. The highest BCUT2D eigenvalue weighted by atomic mass is 32.2. The molecule has 0 aliphatic rings. The summed E-state index contributed by atoms with van der Waals surface area (Å²) in [4.78, 5) is 0. The molecular weight excluding hydrogens is 286 g/mol. The Kier molecular flexibility index (Phi) is 5.05. The van der Waals surface area contributed by atoms with Crippen molar-refractivity contribution in [2.45, 2.75) is 43.2 Å². The van der Waals surface area contributed by atoms with Gasteiger partial charge in [0.1, 0.15) is 0 Å². The Hall–Kier alpha value is -1.07. The van der Waals surface area contributed by atoms with Gasteiger partial charge in [0, 0.05) is 12.3 Å². The summed E-state index contributed by atoms with van der Waals surface area (Å²) >= 11 is 3.35. The second-order valence-corrected chi connectivity index (χ2v) is 7.84. The average Bonchev–Trinajstić information content (AvgIpc) is 2.84. The Labute approximate surface area is 129 Å². The molecule has 1 heterocycles. The summed E-state index contributed by atoms with van der Waals surface area (Å²) in [5.41, 5.74) is 2.91. The highest BCUT2D eigenvalue weighted by molar-refractivity contribution is 8.00. The number of aromatic nitrogens is 2. The van der Waals surface area contributed by atoms with Gasteiger partial charge in [0.2, 0.25) is 5.13 Å². The van der Waals surface area contributed by atoms with Crippen molar-refractivity contribution in [3.63, 3.8) is 0 Å². The van der Waals surface area contributed by atoms with Crippen molar-refractivity contribution in [3.8, 4) is 0 Å². The van der Waals surface area contributed by atoms with Gasteiger partial charge >= 0.3 is 0 Å². The zero-order valence-electron chi connectivity index (χ0n) is 12.4. The van der Waals surface area contributed by atoms with E-state index in [-0.39, 0.29) is 5.41 Å². The second-order valence-electron chi connectivity index (χ2n) is 5.64. The lowest BCUT2D eigenvalue weighted by atomic mass is 9.87. The molecule has 1 aromatic carbocycles. The maximum atomic E-state index is 4.18. The van der Waals surface area contributed by atoms with Gasteiger partial charge in [-0.1, -0.05) is 68.1 Å². The van der Waals surface area contributed by atoms with Crippen molar-refractivity contribution in [2.24, 2.45) is 0 Å². The maximum Gasteiger partial charge on any atom is 0.206 e. The maximum absolute atomic E-state index is 4.18. The minimum Gasteiger partial charge on any atom is -0.360 e. The van der Waals surface area contributed by atoms with Crippen LogP contribution in [-0.4, -0.2) is 16.7 Å². The molecule has 0 saturated carbocycles. The molecule has 5 heteroatoms. The molecule has 0 fully saturated rings. The molecule has 0 amide bonds. The smallest absolute Gasteiger partial charge is 0.206 e. The van der Waals surface area contributed by atoms with Crippen LogP contribution in [0.1, 0.15) is 38.8 Å². The van der Waals surface area contributed by atoms with E-state index < -0.39 is 0 Å². The Morgan fingerprint density at radius 1 is 1.15 bits per heavy atom. The summed E-state index contributed by atoms with van der Waals surface area (Å²) in [5.74, 6) is 0.936. The minimum atomic E-state index is 0.214. The van der Waals surface area contributed by atoms with E-state index in [2.05, 4.69) is 67.5 Å². The van der Waals surface area contributed by atoms with Gasteiger partial charge < -0.3 is 5.32 Å². The number of hydrogen-bond acceptors (Lipinski definition) is 5. The molecule has 0 bridgehead atoms. The van der Waals surface area contributed by atoms with E-state index in [4.69, 9.17) is 0 Å². The van der Waals surface area contributed by atoms with Crippen LogP contribution in [-0.2, 0) is 11.2 Å². The van der Waals surface area contributed by atoms with E-state index in [9.17, 15) is 0 Å². The van der Waals surface area contributed by atoms with Crippen LogP contribution in [0.2, 0.25) is 0 Å². The number of nitrogens with one attached hydrogen (secondary N) is 1. The monoisotopic (exact) mass is 307 g/mol. The molecule has 0 saturated heterocycles. The third kappa shape index (κ3) is 4.21. The van der Waals surface area contributed by atoms with Crippen LogP contribution in [0.5, 0.6) is 0 Å². The van der Waals surface area contributed by atoms with Crippen LogP contribution in [0.3, 0.4) is 0 Å².